The molecule has 4 aromatic rings. The molecule has 1 saturated carbocycles. The summed E-state index contributed by atoms with van der Waals surface area (Å²) >= 11 is 0. The second-order valence-electron chi connectivity index (χ2n) is 11.8. The number of hydrogen-bond acceptors (Lipinski definition) is 5. The lowest BCUT2D eigenvalue weighted by Gasteiger charge is -2.35. The third-order valence-corrected chi connectivity index (χ3v) is 10.3. The van der Waals surface area contributed by atoms with Crippen molar-refractivity contribution in [3.63, 3.8) is 0 Å². The van der Waals surface area contributed by atoms with Crippen LogP contribution in [0.2, 0.25) is 0 Å². The Labute approximate surface area is 278 Å². The Kier molecular flexibility index (Phi) is 11.7. The lowest BCUT2D eigenvalue weighted by Crippen LogP contribution is -2.55. The molecule has 1 N–H and O–H groups in total. The molecule has 4 aromatic carbocycles. The first-order valence-corrected chi connectivity index (χ1v) is 17.8. The van der Waals surface area contributed by atoms with E-state index in [0.29, 0.717) is 18.0 Å². The summed E-state index contributed by atoms with van der Waals surface area (Å²) in [5, 5.41) is 3.24. The highest BCUT2D eigenvalue weighted by Crippen LogP contribution is 2.27. The van der Waals surface area contributed by atoms with E-state index in [9.17, 15) is 18.0 Å². The minimum atomic E-state index is -4.16. The first kappa shape index (κ1) is 33.7. The fourth-order valence-electron chi connectivity index (χ4n) is 6.00. The summed E-state index contributed by atoms with van der Waals surface area (Å²) in [7, 11) is -4.16. The van der Waals surface area contributed by atoms with Crippen molar-refractivity contribution in [2.75, 3.05) is 17.5 Å². The van der Waals surface area contributed by atoms with Crippen LogP contribution in [0.4, 0.5) is 5.69 Å². The van der Waals surface area contributed by atoms with E-state index >= 15 is 0 Å². The van der Waals surface area contributed by atoms with Crippen molar-refractivity contribution in [3.05, 3.63) is 126 Å². The Morgan fingerprint density at radius 1 is 0.787 bits per heavy atom. The molecular weight excluding hydrogens is 611 g/mol. The summed E-state index contributed by atoms with van der Waals surface area (Å²) in [4.78, 5) is 30.4. The van der Waals surface area contributed by atoms with Crippen molar-refractivity contribution in [1.29, 1.82) is 0 Å². The van der Waals surface area contributed by atoms with Crippen LogP contribution in [0.25, 0.3) is 0 Å². The molecule has 1 unspecified atom stereocenters. The van der Waals surface area contributed by atoms with E-state index in [1.54, 1.807) is 47.4 Å². The summed E-state index contributed by atoms with van der Waals surface area (Å²) in [5.41, 5.74) is 2.06. The highest BCUT2D eigenvalue weighted by atomic mass is 32.2. The van der Waals surface area contributed by atoms with Gasteiger partial charge in [-0.15, -0.1) is 0 Å². The number of anilines is 1. The van der Waals surface area contributed by atoms with E-state index in [2.05, 4.69) is 5.32 Å². The van der Waals surface area contributed by atoms with Gasteiger partial charge in [0.15, 0.2) is 0 Å². The third kappa shape index (κ3) is 9.01. The van der Waals surface area contributed by atoms with Crippen molar-refractivity contribution >= 4 is 27.5 Å². The number of benzene rings is 4. The van der Waals surface area contributed by atoms with Crippen LogP contribution in [0.1, 0.15) is 50.2 Å². The van der Waals surface area contributed by atoms with Gasteiger partial charge < -0.3 is 15.0 Å². The van der Waals surface area contributed by atoms with E-state index in [1.807, 2.05) is 67.6 Å². The number of nitrogens with one attached hydrogen (secondary N) is 1. The molecule has 5 rings (SSSR count). The number of carbonyl (C=O) groups is 2. The van der Waals surface area contributed by atoms with Crippen molar-refractivity contribution in [1.82, 2.24) is 10.2 Å². The Morgan fingerprint density at radius 2 is 1.36 bits per heavy atom. The van der Waals surface area contributed by atoms with Crippen LogP contribution in [0.5, 0.6) is 5.75 Å². The molecule has 0 bridgehead atoms. The molecule has 9 heteroatoms. The SMILES string of the molecule is CCOc1ccc(N(CC(=O)N(Cc2ccccc2)C(Cc2ccccc2)C(=O)NC2CCCCC2)S(=O)(=O)c2ccccc2)cc1. The first-order chi connectivity index (χ1) is 22.8. The molecule has 0 spiro atoms. The minimum Gasteiger partial charge on any atom is -0.494 e. The van der Waals surface area contributed by atoms with Gasteiger partial charge in [0.25, 0.3) is 10.0 Å². The number of rotatable bonds is 14. The summed E-state index contributed by atoms with van der Waals surface area (Å²) in [6.07, 6.45) is 5.33. The number of ether oxygens (including phenoxy) is 1. The molecule has 1 aliphatic rings. The normalized spacial score (nSPS) is 14.1. The largest absolute Gasteiger partial charge is 0.494 e. The fraction of sp³-hybridized carbons (Fsp3) is 0.316. The van der Waals surface area contributed by atoms with Gasteiger partial charge in [-0.3, -0.25) is 13.9 Å². The zero-order chi connectivity index (χ0) is 33.1. The van der Waals surface area contributed by atoms with E-state index in [0.717, 1.165) is 47.5 Å². The molecule has 2 amide bonds. The quantitative estimate of drug-likeness (QED) is 0.171. The van der Waals surface area contributed by atoms with Crippen LogP contribution < -0.4 is 14.4 Å². The molecular formula is C38H43N3O5S. The molecule has 246 valence electrons. The molecule has 0 saturated heterocycles. The van der Waals surface area contributed by atoms with Gasteiger partial charge in [-0.1, -0.05) is 98.1 Å². The third-order valence-electron chi connectivity index (χ3n) is 8.46. The Morgan fingerprint density at radius 3 is 1.96 bits per heavy atom. The molecule has 0 radical (unpaired) electrons. The van der Waals surface area contributed by atoms with Crippen LogP contribution in [0.3, 0.4) is 0 Å². The zero-order valence-electron chi connectivity index (χ0n) is 26.8. The van der Waals surface area contributed by atoms with Crippen molar-refractivity contribution in [2.24, 2.45) is 0 Å². The summed E-state index contributed by atoms with van der Waals surface area (Å²) in [6.45, 7) is 1.97. The highest BCUT2D eigenvalue weighted by molar-refractivity contribution is 7.92. The molecule has 47 heavy (non-hydrogen) atoms. The second-order valence-corrected chi connectivity index (χ2v) is 13.7. The van der Waals surface area contributed by atoms with Crippen LogP contribution in [0, 0.1) is 0 Å². The summed E-state index contributed by atoms with van der Waals surface area (Å²) < 4.78 is 35.0. The summed E-state index contributed by atoms with van der Waals surface area (Å²) in [5.74, 6) is -0.127. The lowest BCUT2D eigenvalue weighted by atomic mass is 9.94. The van der Waals surface area contributed by atoms with Crippen LogP contribution in [0.15, 0.2) is 120 Å². The van der Waals surface area contributed by atoms with Gasteiger partial charge >= 0.3 is 0 Å². The average molecular weight is 654 g/mol. The van der Waals surface area contributed by atoms with Crippen LogP contribution >= 0.6 is 0 Å². The topological polar surface area (TPSA) is 96.0 Å². The van der Waals surface area contributed by atoms with Crippen LogP contribution in [-0.2, 0) is 32.6 Å². The summed E-state index contributed by atoms with van der Waals surface area (Å²) in [6, 6.07) is 33.0. The van der Waals surface area contributed by atoms with Gasteiger partial charge in [0.2, 0.25) is 11.8 Å². The molecule has 0 heterocycles. The van der Waals surface area contributed by atoms with Gasteiger partial charge in [-0.2, -0.15) is 0 Å². The Bertz CT molecular complexity index is 1680. The number of hydrogen-bond donors (Lipinski definition) is 1. The minimum absolute atomic E-state index is 0.0435. The van der Waals surface area contributed by atoms with Gasteiger partial charge in [0.1, 0.15) is 18.3 Å². The molecule has 0 aromatic heterocycles. The number of nitrogens with zero attached hydrogens (tertiary/aromatic N) is 2. The first-order valence-electron chi connectivity index (χ1n) is 16.3. The maximum Gasteiger partial charge on any atom is 0.264 e. The fourth-order valence-corrected chi connectivity index (χ4v) is 7.44. The highest BCUT2D eigenvalue weighted by Gasteiger charge is 2.35. The molecule has 1 aliphatic carbocycles. The maximum atomic E-state index is 14.6. The van der Waals surface area contributed by atoms with E-state index in [4.69, 9.17) is 4.74 Å². The predicted octanol–water partition coefficient (Wildman–Crippen LogP) is 6.37. The number of amides is 2. The van der Waals surface area contributed by atoms with Crippen molar-refractivity contribution < 1.29 is 22.7 Å². The van der Waals surface area contributed by atoms with E-state index < -0.39 is 28.5 Å². The van der Waals surface area contributed by atoms with Gasteiger partial charge in [0.05, 0.1) is 17.2 Å². The van der Waals surface area contributed by atoms with E-state index in [-0.39, 0.29) is 29.8 Å². The molecule has 1 atom stereocenters. The Balaban J connectivity index is 1.54. The van der Waals surface area contributed by atoms with E-state index in [1.165, 1.54) is 12.1 Å². The standard InChI is InChI=1S/C38H43N3O5S/c1-2-46-34-25-23-33(24-26-34)41(47(44,45)35-21-13-6-14-22-35)29-37(42)40(28-31-17-9-4-10-18-31)36(27-30-15-7-3-8-16-30)38(43)39-32-19-11-5-12-20-32/h3-4,6-10,13-18,21-26,32,36H,2,5,11-12,19-20,27-29H2,1H3,(H,39,43). The Hall–Kier alpha value is -4.63. The monoisotopic (exact) mass is 653 g/mol. The lowest BCUT2D eigenvalue weighted by molar-refractivity contribution is -0.140. The van der Waals surface area contributed by atoms with Gasteiger partial charge in [-0.05, 0) is 67.3 Å². The predicted molar refractivity (Wildman–Crippen MR) is 185 cm³/mol. The smallest absolute Gasteiger partial charge is 0.264 e. The maximum absolute atomic E-state index is 14.6. The molecule has 1 fully saturated rings. The second kappa shape index (κ2) is 16.3. The number of sulfonamides is 1. The van der Waals surface area contributed by atoms with Gasteiger partial charge in [-0.25, -0.2) is 8.42 Å². The van der Waals surface area contributed by atoms with Crippen LogP contribution in [-0.4, -0.2) is 50.4 Å². The van der Waals surface area contributed by atoms with Crippen molar-refractivity contribution in [2.45, 2.75) is 69.0 Å². The average Bonchev–Trinajstić information content (AvgIpc) is 3.11. The number of carbonyl (C=O) groups excluding carboxylic acids is 2. The zero-order valence-corrected chi connectivity index (χ0v) is 27.6. The van der Waals surface area contributed by atoms with Crippen molar-refractivity contribution in [3.8, 4) is 5.75 Å². The van der Waals surface area contributed by atoms with Gasteiger partial charge in [0, 0.05) is 19.0 Å². The molecule has 0 aliphatic heterocycles. The molecule has 8 nitrogen and oxygen atoms in total.